The largest absolute Gasteiger partial charge is 0.506 e. The molecule has 0 radical (unpaired) electrons. The number of rotatable bonds is 3. The van der Waals surface area contributed by atoms with Crippen molar-refractivity contribution in [2.45, 2.75) is 32.1 Å². The van der Waals surface area contributed by atoms with E-state index in [1.807, 2.05) is 12.1 Å². The first-order chi connectivity index (χ1) is 9.78. The molecule has 1 unspecified atom stereocenters. The second-order valence-electron chi connectivity index (χ2n) is 5.56. The lowest BCUT2D eigenvalue weighted by molar-refractivity contribution is 0.471. The highest BCUT2D eigenvalue weighted by Crippen LogP contribution is 2.40. The van der Waals surface area contributed by atoms with Crippen LogP contribution in [0.4, 0.5) is 5.69 Å². The predicted octanol–water partition coefficient (Wildman–Crippen LogP) is 4.29. The highest BCUT2D eigenvalue weighted by atomic mass is 16.3. The molecule has 1 heterocycles. The Morgan fingerprint density at radius 3 is 2.70 bits per heavy atom. The van der Waals surface area contributed by atoms with Crippen LogP contribution < -0.4 is 5.32 Å². The Balaban J connectivity index is 1.95. The number of hydrogen-bond donors (Lipinski definition) is 2. The minimum absolute atomic E-state index is 0.395. The Bertz CT molecular complexity index is 592. The van der Waals surface area contributed by atoms with E-state index in [0.29, 0.717) is 11.7 Å². The van der Waals surface area contributed by atoms with Crippen molar-refractivity contribution in [2.75, 3.05) is 11.9 Å². The maximum atomic E-state index is 10.3. The van der Waals surface area contributed by atoms with Crippen molar-refractivity contribution < 1.29 is 5.11 Å². The van der Waals surface area contributed by atoms with Crippen molar-refractivity contribution in [3.63, 3.8) is 0 Å². The summed E-state index contributed by atoms with van der Waals surface area (Å²) >= 11 is 0. The number of fused-ring (bicyclic) bond motifs is 1. The first-order valence-corrected chi connectivity index (χ1v) is 7.41. The molecule has 104 valence electrons. The molecular formula is C18H21NO. The molecular weight excluding hydrogens is 246 g/mol. The lowest BCUT2D eigenvalue weighted by Gasteiger charge is -2.27. The molecule has 2 nitrogen and oxygen atoms in total. The molecule has 1 aliphatic heterocycles. The third kappa shape index (κ3) is 2.51. The third-order valence-corrected chi connectivity index (χ3v) is 4.19. The number of hydrogen-bond acceptors (Lipinski definition) is 2. The number of nitrogens with one attached hydrogen (secondary N) is 1. The van der Waals surface area contributed by atoms with Gasteiger partial charge in [0, 0.05) is 6.54 Å². The van der Waals surface area contributed by atoms with Crippen LogP contribution in [0.3, 0.4) is 0 Å². The summed E-state index contributed by atoms with van der Waals surface area (Å²) in [6, 6.07) is 14.6. The quantitative estimate of drug-likeness (QED) is 0.813. The Labute approximate surface area is 120 Å². The van der Waals surface area contributed by atoms with Crippen LogP contribution in [0.1, 0.15) is 42.4 Å². The van der Waals surface area contributed by atoms with Crippen LogP contribution in [0, 0.1) is 0 Å². The molecule has 0 saturated carbocycles. The monoisotopic (exact) mass is 267 g/mol. The van der Waals surface area contributed by atoms with Crippen LogP contribution in [0.2, 0.25) is 0 Å². The molecule has 1 atom stereocenters. The fourth-order valence-electron chi connectivity index (χ4n) is 3.11. The lowest BCUT2D eigenvalue weighted by Crippen LogP contribution is -2.16. The van der Waals surface area contributed by atoms with Gasteiger partial charge in [0.25, 0.3) is 0 Å². The van der Waals surface area contributed by atoms with Crippen LogP contribution >= 0.6 is 0 Å². The molecule has 0 fully saturated rings. The standard InChI is InChI=1S/C18H21NO/c1-2-15-8-9-19-18-16(15)11-14(12-17(18)20)10-13-6-4-3-5-7-13/h3-7,11-12,15,19-20H,2,8-10H2,1H3. The van der Waals surface area contributed by atoms with Crippen molar-refractivity contribution in [3.8, 4) is 5.75 Å². The molecule has 2 aromatic carbocycles. The Morgan fingerprint density at radius 1 is 1.15 bits per heavy atom. The summed E-state index contributed by atoms with van der Waals surface area (Å²) in [4.78, 5) is 0. The topological polar surface area (TPSA) is 32.3 Å². The molecule has 0 amide bonds. The van der Waals surface area contributed by atoms with E-state index >= 15 is 0 Å². The Kier molecular flexibility index (Phi) is 3.64. The highest BCUT2D eigenvalue weighted by molar-refractivity contribution is 5.65. The summed E-state index contributed by atoms with van der Waals surface area (Å²) in [6.45, 7) is 3.18. The number of anilines is 1. The van der Waals surface area contributed by atoms with E-state index in [9.17, 15) is 5.11 Å². The van der Waals surface area contributed by atoms with Gasteiger partial charge in [0.05, 0.1) is 5.69 Å². The van der Waals surface area contributed by atoms with Gasteiger partial charge in [-0.05, 0) is 47.9 Å². The number of benzene rings is 2. The normalized spacial score (nSPS) is 17.4. The second-order valence-corrected chi connectivity index (χ2v) is 5.56. The summed E-state index contributed by atoms with van der Waals surface area (Å²) in [5, 5.41) is 13.6. The van der Waals surface area contributed by atoms with Gasteiger partial charge in [-0.1, -0.05) is 43.3 Å². The van der Waals surface area contributed by atoms with Crippen molar-refractivity contribution in [3.05, 3.63) is 59.2 Å². The lowest BCUT2D eigenvalue weighted by atomic mass is 9.86. The van der Waals surface area contributed by atoms with Gasteiger partial charge in [-0.2, -0.15) is 0 Å². The van der Waals surface area contributed by atoms with Crippen molar-refractivity contribution in [2.24, 2.45) is 0 Å². The molecule has 2 heteroatoms. The number of phenols is 1. The van der Waals surface area contributed by atoms with Gasteiger partial charge >= 0.3 is 0 Å². The summed E-state index contributed by atoms with van der Waals surface area (Å²) in [7, 11) is 0. The molecule has 3 rings (SSSR count). The van der Waals surface area contributed by atoms with Crippen LogP contribution in [0.5, 0.6) is 5.75 Å². The maximum absolute atomic E-state index is 10.3. The molecule has 1 aliphatic rings. The van der Waals surface area contributed by atoms with Gasteiger partial charge in [-0.15, -0.1) is 0 Å². The summed E-state index contributed by atoms with van der Waals surface area (Å²) in [5.41, 5.74) is 4.70. The zero-order chi connectivity index (χ0) is 13.9. The predicted molar refractivity (Wildman–Crippen MR) is 83.5 cm³/mol. The summed E-state index contributed by atoms with van der Waals surface area (Å²) < 4.78 is 0. The van der Waals surface area contributed by atoms with E-state index in [1.165, 1.54) is 16.7 Å². The zero-order valence-corrected chi connectivity index (χ0v) is 11.9. The second kappa shape index (κ2) is 5.58. The highest BCUT2D eigenvalue weighted by Gasteiger charge is 2.21. The molecule has 2 aromatic rings. The van der Waals surface area contributed by atoms with Crippen LogP contribution in [0.25, 0.3) is 0 Å². The van der Waals surface area contributed by atoms with Gasteiger partial charge in [-0.3, -0.25) is 0 Å². The minimum atomic E-state index is 0.395. The first kappa shape index (κ1) is 13.0. The average Bonchev–Trinajstić information content (AvgIpc) is 2.48. The maximum Gasteiger partial charge on any atom is 0.139 e. The number of phenolic OH excluding ortho intramolecular Hbond substituents is 1. The van der Waals surface area contributed by atoms with E-state index in [1.54, 1.807) is 0 Å². The summed E-state index contributed by atoms with van der Waals surface area (Å²) in [5.74, 6) is 0.958. The molecule has 0 aliphatic carbocycles. The summed E-state index contributed by atoms with van der Waals surface area (Å²) in [6.07, 6.45) is 3.15. The van der Waals surface area contributed by atoms with Gasteiger partial charge in [0.15, 0.2) is 0 Å². The Hall–Kier alpha value is -1.96. The first-order valence-electron chi connectivity index (χ1n) is 7.41. The molecule has 0 saturated heterocycles. The van der Waals surface area contributed by atoms with Gasteiger partial charge in [0.1, 0.15) is 5.75 Å². The average molecular weight is 267 g/mol. The smallest absolute Gasteiger partial charge is 0.139 e. The van der Waals surface area contributed by atoms with E-state index in [0.717, 1.165) is 31.5 Å². The van der Waals surface area contributed by atoms with E-state index in [2.05, 4.69) is 42.6 Å². The van der Waals surface area contributed by atoms with Crippen LogP contribution in [-0.4, -0.2) is 11.7 Å². The van der Waals surface area contributed by atoms with Gasteiger partial charge in [-0.25, -0.2) is 0 Å². The van der Waals surface area contributed by atoms with Gasteiger partial charge in [0.2, 0.25) is 0 Å². The van der Waals surface area contributed by atoms with Gasteiger partial charge < -0.3 is 10.4 Å². The van der Waals surface area contributed by atoms with Crippen LogP contribution in [0.15, 0.2) is 42.5 Å². The number of aromatic hydroxyl groups is 1. The third-order valence-electron chi connectivity index (χ3n) is 4.19. The minimum Gasteiger partial charge on any atom is -0.506 e. The SMILES string of the molecule is CCC1CCNc2c(O)cc(Cc3ccccc3)cc21. The molecule has 2 N–H and O–H groups in total. The van der Waals surface area contributed by atoms with E-state index in [-0.39, 0.29) is 0 Å². The fourth-order valence-corrected chi connectivity index (χ4v) is 3.11. The molecule has 0 aromatic heterocycles. The molecule has 20 heavy (non-hydrogen) atoms. The van der Waals surface area contributed by atoms with Crippen molar-refractivity contribution in [1.82, 2.24) is 0 Å². The van der Waals surface area contributed by atoms with Crippen molar-refractivity contribution in [1.29, 1.82) is 0 Å². The van der Waals surface area contributed by atoms with E-state index in [4.69, 9.17) is 0 Å². The molecule has 0 bridgehead atoms. The Morgan fingerprint density at radius 2 is 1.95 bits per heavy atom. The van der Waals surface area contributed by atoms with Crippen LogP contribution in [-0.2, 0) is 6.42 Å². The fraction of sp³-hybridized carbons (Fsp3) is 0.333. The zero-order valence-electron chi connectivity index (χ0n) is 11.9. The van der Waals surface area contributed by atoms with Crippen molar-refractivity contribution >= 4 is 5.69 Å². The van der Waals surface area contributed by atoms with E-state index < -0.39 is 0 Å². The molecule has 0 spiro atoms.